The van der Waals surface area contributed by atoms with Gasteiger partial charge in [0.25, 0.3) is 0 Å². The van der Waals surface area contributed by atoms with Crippen LogP contribution >= 0.6 is 0 Å². The van der Waals surface area contributed by atoms with Crippen molar-refractivity contribution < 1.29 is 0 Å². The molecule has 1 aliphatic carbocycles. The lowest BCUT2D eigenvalue weighted by Crippen LogP contribution is -2.38. The molecule has 1 N–H and O–H groups in total. The molecule has 0 aromatic heterocycles. The normalized spacial score (nSPS) is 36.7. The molecule has 1 nitrogen and oxygen atoms in total. The van der Waals surface area contributed by atoms with Gasteiger partial charge in [-0.2, -0.15) is 0 Å². The zero-order chi connectivity index (χ0) is 9.15. The summed E-state index contributed by atoms with van der Waals surface area (Å²) in [5.41, 5.74) is 0.502. The van der Waals surface area contributed by atoms with Gasteiger partial charge < -0.3 is 5.32 Å². The van der Waals surface area contributed by atoms with Crippen molar-refractivity contribution in [3.05, 3.63) is 0 Å². The van der Waals surface area contributed by atoms with E-state index in [1.54, 1.807) is 0 Å². The molecule has 2 fully saturated rings. The predicted octanol–water partition coefficient (Wildman–Crippen LogP) is 3.10. The highest BCUT2D eigenvalue weighted by atomic mass is 15.0. The van der Waals surface area contributed by atoms with Crippen molar-refractivity contribution in [1.29, 1.82) is 0 Å². The Labute approximate surface area is 82.3 Å². The van der Waals surface area contributed by atoms with E-state index in [4.69, 9.17) is 0 Å². The lowest BCUT2D eigenvalue weighted by atomic mass is 9.79. The van der Waals surface area contributed by atoms with Crippen molar-refractivity contribution in [2.45, 2.75) is 63.8 Å². The quantitative estimate of drug-likeness (QED) is 0.690. The Balaban J connectivity index is 1.81. The van der Waals surface area contributed by atoms with Crippen LogP contribution in [0.25, 0.3) is 0 Å². The molecule has 1 aliphatic heterocycles. The molecule has 1 heterocycles. The second-order valence-electron chi connectivity index (χ2n) is 5.30. The highest BCUT2D eigenvalue weighted by Crippen LogP contribution is 2.33. The van der Waals surface area contributed by atoms with Crippen LogP contribution < -0.4 is 5.32 Å². The third kappa shape index (κ3) is 2.46. The summed E-state index contributed by atoms with van der Waals surface area (Å²) in [6.07, 6.45) is 11.7. The SMILES string of the molecule is CC1(CC2CCCCC2)CCCN1. The summed E-state index contributed by atoms with van der Waals surface area (Å²) in [6.45, 7) is 3.68. The third-order valence-electron chi connectivity index (χ3n) is 3.92. The van der Waals surface area contributed by atoms with Crippen molar-refractivity contribution in [3.63, 3.8) is 0 Å². The molecule has 0 aromatic rings. The summed E-state index contributed by atoms with van der Waals surface area (Å²) in [7, 11) is 0. The van der Waals surface area contributed by atoms with Gasteiger partial charge in [-0.05, 0) is 38.6 Å². The Morgan fingerprint density at radius 3 is 2.54 bits per heavy atom. The molecule has 0 spiro atoms. The van der Waals surface area contributed by atoms with E-state index < -0.39 is 0 Å². The summed E-state index contributed by atoms with van der Waals surface area (Å²) in [5.74, 6) is 1.03. The number of rotatable bonds is 2. The second kappa shape index (κ2) is 4.00. The smallest absolute Gasteiger partial charge is 0.0156 e. The molecule has 1 atom stereocenters. The van der Waals surface area contributed by atoms with E-state index in [1.165, 1.54) is 57.9 Å². The van der Waals surface area contributed by atoms with Gasteiger partial charge in [0, 0.05) is 5.54 Å². The fourth-order valence-corrected chi connectivity index (χ4v) is 3.16. The van der Waals surface area contributed by atoms with E-state index in [0.717, 1.165) is 5.92 Å². The molecular formula is C12H23N. The van der Waals surface area contributed by atoms with Crippen LogP contribution in [-0.2, 0) is 0 Å². The molecule has 2 rings (SSSR count). The summed E-state index contributed by atoms with van der Waals surface area (Å²) in [4.78, 5) is 0. The minimum absolute atomic E-state index is 0.502. The van der Waals surface area contributed by atoms with Crippen molar-refractivity contribution in [3.8, 4) is 0 Å². The van der Waals surface area contributed by atoms with Gasteiger partial charge in [-0.1, -0.05) is 32.1 Å². The molecular weight excluding hydrogens is 158 g/mol. The van der Waals surface area contributed by atoms with Gasteiger partial charge in [0.1, 0.15) is 0 Å². The van der Waals surface area contributed by atoms with Crippen molar-refractivity contribution in [2.24, 2.45) is 5.92 Å². The molecule has 0 aromatic carbocycles. The van der Waals surface area contributed by atoms with Crippen LogP contribution in [0, 0.1) is 5.92 Å². The van der Waals surface area contributed by atoms with E-state index >= 15 is 0 Å². The molecule has 13 heavy (non-hydrogen) atoms. The largest absolute Gasteiger partial charge is 0.312 e. The molecule has 2 aliphatic rings. The highest BCUT2D eigenvalue weighted by molar-refractivity contribution is 4.90. The van der Waals surface area contributed by atoms with Gasteiger partial charge in [-0.15, -0.1) is 0 Å². The van der Waals surface area contributed by atoms with Crippen molar-refractivity contribution in [1.82, 2.24) is 5.32 Å². The monoisotopic (exact) mass is 181 g/mol. The van der Waals surface area contributed by atoms with Crippen molar-refractivity contribution in [2.75, 3.05) is 6.54 Å². The minimum atomic E-state index is 0.502. The molecule has 1 saturated heterocycles. The van der Waals surface area contributed by atoms with E-state index in [2.05, 4.69) is 12.2 Å². The molecule has 0 bridgehead atoms. The van der Waals surface area contributed by atoms with E-state index in [0.29, 0.717) is 5.54 Å². The Morgan fingerprint density at radius 1 is 1.15 bits per heavy atom. The van der Waals surface area contributed by atoms with Crippen LogP contribution in [0.2, 0.25) is 0 Å². The number of nitrogens with one attached hydrogen (secondary N) is 1. The lowest BCUT2D eigenvalue weighted by molar-refractivity contribution is 0.252. The van der Waals surface area contributed by atoms with Gasteiger partial charge in [0.2, 0.25) is 0 Å². The molecule has 1 unspecified atom stereocenters. The Bertz CT molecular complexity index is 153. The van der Waals surface area contributed by atoms with E-state index in [9.17, 15) is 0 Å². The number of hydrogen-bond acceptors (Lipinski definition) is 1. The first-order chi connectivity index (χ1) is 6.29. The summed E-state index contributed by atoms with van der Waals surface area (Å²) in [6, 6.07) is 0. The zero-order valence-electron chi connectivity index (χ0n) is 8.94. The third-order valence-corrected chi connectivity index (χ3v) is 3.92. The van der Waals surface area contributed by atoms with Gasteiger partial charge in [-0.3, -0.25) is 0 Å². The van der Waals surface area contributed by atoms with Gasteiger partial charge >= 0.3 is 0 Å². The molecule has 76 valence electrons. The van der Waals surface area contributed by atoms with Crippen LogP contribution in [0.4, 0.5) is 0 Å². The van der Waals surface area contributed by atoms with Crippen LogP contribution in [0.3, 0.4) is 0 Å². The standard InChI is InChI=1S/C12H23N/c1-12(8-5-9-13-12)10-11-6-3-2-4-7-11/h11,13H,2-10H2,1H3. The zero-order valence-corrected chi connectivity index (χ0v) is 8.94. The molecule has 0 amide bonds. The van der Waals surface area contributed by atoms with Gasteiger partial charge in [-0.25, -0.2) is 0 Å². The second-order valence-corrected chi connectivity index (χ2v) is 5.30. The first-order valence-corrected chi connectivity index (χ1v) is 6.04. The Hall–Kier alpha value is -0.0400. The maximum atomic E-state index is 3.68. The first kappa shape index (κ1) is 9.51. The highest BCUT2D eigenvalue weighted by Gasteiger charge is 2.31. The number of hydrogen-bond donors (Lipinski definition) is 1. The van der Waals surface area contributed by atoms with Gasteiger partial charge in [0.15, 0.2) is 0 Å². The summed E-state index contributed by atoms with van der Waals surface area (Å²) >= 11 is 0. The average molecular weight is 181 g/mol. The summed E-state index contributed by atoms with van der Waals surface area (Å²) < 4.78 is 0. The lowest BCUT2D eigenvalue weighted by Gasteiger charge is -2.31. The minimum Gasteiger partial charge on any atom is -0.312 e. The van der Waals surface area contributed by atoms with Crippen LogP contribution in [0.15, 0.2) is 0 Å². The van der Waals surface area contributed by atoms with Crippen LogP contribution in [0.5, 0.6) is 0 Å². The van der Waals surface area contributed by atoms with Crippen LogP contribution in [-0.4, -0.2) is 12.1 Å². The average Bonchev–Trinajstić information content (AvgIpc) is 2.54. The van der Waals surface area contributed by atoms with Crippen LogP contribution in [0.1, 0.15) is 58.3 Å². The summed E-state index contributed by atoms with van der Waals surface area (Å²) in [5, 5.41) is 3.68. The fraction of sp³-hybridized carbons (Fsp3) is 1.00. The van der Waals surface area contributed by atoms with E-state index in [-0.39, 0.29) is 0 Å². The first-order valence-electron chi connectivity index (χ1n) is 6.04. The van der Waals surface area contributed by atoms with E-state index in [1.807, 2.05) is 0 Å². The maximum absolute atomic E-state index is 3.68. The maximum Gasteiger partial charge on any atom is 0.0156 e. The fourth-order valence-electron chi connectivity index (χ4n) is 3.16. The Kier molecular flexibility index (Phi) is 2.92. The molecule has 0 radical (unpaired) electrons. The van der Waals surface area contributed by atoms with Crippen molar-refractivity contribution >= 4 is 0 Å². The topological polar surface area (TPSA) is 12.0 Å². The molecule has 1 heteroatoms. The predicted molar refractivity (Wildman–Crippen MR) is 56.8 cm³/mol. The Morgan fingerprint density at radius 2 is 1.92 bits per heavy atom. The molecule has 1 saturated carbocycles. The van der Waals surface area contributed by atoms with Gasteiger partial charge in [0.05, 0.1) is 0 Å².